The molecule has 212 valence electrons. The van der Waals surface area contributed by atoms with E-state index in [2.05, 4.69) is 10.6 Å². The van der Waals surface area contributed by atoms with Crippen molar-refractivity contribution < 1.29 is 34.2 Å². The lowest BCUT2D eigenvalue weighted by Gasteiger charge is -2.48. The third-order valence-corrected chi connectivity index (χ3v) is 9.57. The summed E-state index contributed by atoms with van der Waals surface area (Å²) in [6.45, 7) is 8.87. The first-order valence-electron chi connectivity index (χ1n) is 13.1. The summed E-state index contributed by atoms with van der Waals surface area (Å²) >= 11 is 1.57. The number of carbonyl (C=O) groups excluding carboxylic acids is 4. The number of carbonyl (C=O) groups is 5. The lowest BCUT2D eigenvalue weighted by molar-refractivity contribution is -0.160. The third kappa shape index (κ3) is 5.76. The standard InChI is InChI=1S/C23H33N3O6S.C3H7NO/c1-9(7-14(28)10(2)17-16(12(4)27)21(29)25-17)15-18-11(3)20(33-13-5-6-24-8-13)19(23(31)32)26(18)22(15)30;1-4(2)3-5/h9-13,15-18,24,27H,5-8H2,1-4H3,(H,25,29)(H,31,32);3H,1-2H3/t9-,10-,11+,12+,13-,15+,16?,17?,18+;/m0./s1. The van der Waals surface area contributed by atoms with E-state index in [1.54, 1.807) is 39.7 Å². The number of hydrogen-bond donors (Lipinski definition) is 4. The Hall–Kier alpha value is -2.44. The number of carboxylic acids is 1. The molecule has 3 fully saturated rings. The van der Waals surface area contributed by atoms with E-state index in [4.69, 9.17) is 0 Å². The van der Waals surface area contributed by atoms with Crippen LogP contribution in [0, 0.1) is 29.6 Å². The van der Waals surface area contributed by atoms with Gasteiger partial charge in [0.1, 0.15) is 11.5 Å². The quantitative estimate of drug-likeness (QED) is 0.221. The van der Waals surface area contributed by atoms with Crippen LogP contribution in [0.3, 0.4) is 0 Å². The maximum atomic E-state index is 13.1. The van der Waals surface area contributed by atoms with Crippen LogP contribution in [0.5, 0.6) is 0 Å². The van der Waals surface area contributed by atoms with Gasteiger partial charge in [-0.15, -0.1) is 11.8 Å². The van der Waals surface area contributed by atoms with Gasteiger partial charge < -0.3 is 30.6 Å². The van der Waals surface area contributed by atoms with Gasteiger partial charge in [0.15, 0.2) is 0 Å². The van der Waals surface area contributed by atoms with Crippen molar-refractivity contribution in [3.63, 3.8) is 0 Å². The molecule has 4 aliphatic heterocycles. The summed E-state index contributed by atoms with van der Waals surface area (Å²) in [6.07, 6.45) is 1.05. The molecule has 0 aromatic heterocycles. The highest BCUT2D eigenvalue weighted by Gasteiger charge is 2.60. The van der Waals surface area contributed by atoms with Crippen LogP contribution in [-0.4, -0.2) is 101 Å². The van der Waals surface area contributed by atoms with E-state index in [1.807, 2.05) is 13.8 Å². The smallest absolute Gasteiger partial charge is 0.353 e. The Balaban J connectivity index is 0.000000732. The summed E-state index contributed by atoms with van der Waals surface area (Å²) in [6, 6.07) is -0.647. The lowest BCUT2D eigenvalue weighted by Crippen LogP contribution is -2.65. The van der Waals surface area contributed by atoms with E-state index in [-0.39, 0.29) is 47.6 Å². The Labute approximate surface area is 227 Å². The molecule has 12 heteroatoms. The van der Waals surface area contributed by atoms with Crippen molar-refractivity contribution in [1.82, 2.24) is 20.4 Å². The van der Waals surface area contributed by atoms with Gasteiger partial charge in [-0.25, -0.2) is 4.79 Å². The maximum Gasteiger partial charge on any atom is 0.353 e. The van der Waals surface area contributed by atoms with E-state index >= 15 is 0 Å². The number of hydrogen-bond acceptors (Lipinski definition) is 8. The van der Waals surface area contributed by atoms with Crippen molar-refractivity contribution in [2.24, 2.45) is 29.6 Å². The fraction of sp³-hybridized carbons (Fsp3) is 0.731. The topological polar surface area (TPSA) is 156 Å². The molecule has 0 radical (unpaired) electrons. The van der Waals surface area contributed by atoms with Crippen LogP contribution in [0.2, 0.25) is 0 Å². The van der Waals surface area contributed by atoms with E-state index in [9.17, 15) is 34.2 Å². The Kier molecular flexibility index (Phi) is 9.64. The fourth-order valence-corrected chi connectivity index (χ4v) is 7.33. The van der Waals surface area contributed by atoms with Gasteiger partial charge in [-0.2, -0.15) is 0 Å². The number of Topliss-reactive ketones (excluding diaryl/α,β-unsaturated/α-hetero) is 1. The second kappa shape index (κ2) is 12.2. The first kappa shape index (κ1) is 30.1. The molecule has 0 bridgehead atoms. The average molecular weight is 553 g/mol. The van der Waals surface area contributed by atoms with Crippen molar-refractivity contribution >= 4 is 41.7 Å². The number of carboxylic acid groups (broad SMARTS) is 1. The number of aliphatic hydroxyl groups is 1. The fourth-order valence-electron chi connectivity index (χ4n) is 5.88. The van der Waals surface area contributed by atoms with Gasteiger partial charge in [0, 0.05) is 49.1 Å². The number of amides is 3. The summed E-state index contributed by atoms with van der Waals surface area (Å²) in [4.78, 5) is 62.9. The summed E-state index contributed by atoms with van der Waals surface area (Å²) in [5, 5.41) is 26.0. The molecule has 3 saturated heterocycles. The van der Waals surface area contributed by atoms with Crippen LogP contribution in [0.25, 0.3) is 0 Å². The van der Waals surface area contributed by atoms with E-state index < -0.39 is 35.9 Å². The predicted molar refractivity (Wildman–Crippen MR) is 142 cm³/mol. The van der Waals surface area contributed by atoms with Crippen LogP contribution < -0.4 is 10.6 Å². The van der Waals surface area contributed by atoms with Crippen LogP contribution in [0.4, 0.5) is 0 Å². The number of aliphatic hydroxyl groups excluding tert-OH is 1. The van der Waals surface area contributed by atoms with Gasteiger partial charge >= 0.3 is 5.97 Å². The van der Waals surface area contributed by atoms with Crippen molar-refractivity contribution in [3.05, 3.63) is 10.6 Å². The van der Waals surface area contributed by atoms with Crippen molar-refractivity contribution in [1.29, 1.82) is 0 Å². The summed E-state index contributed by atoms with van der Waals surface area (Å²) < 4.78 is 0. The Morgan fingerprint density at radius 1 is 1.21 bits per heavy atom. The average Bonchev–Trinajstić information content (AvgIpc) is 3.42. The zero-order valence-electron chi connectivity index (χ0n) is 22.8. The molecule has 0 aromatic rings. The number of rotatable bonds is 10. The molecule has 0 aliphatic carbocycles. The molecule has 4 rings (SSSR count). The number of thioether (sulfide) groups is 1. The molecule has 2 unspecified atom stereocenters. The number of nitrogens with zero attached hydrogens (tertiary/aromatic N) is 2. The molecule has 0 spiro atoms. The monoisotopic (exact) mass is 552 g/mol. The number of ketones is 1. The van der Waals surface area contributed by atoms with Gasteiger partial charge in [0.2, 0.25) is 18.2 Å². The molecule has 4 N–H and O–H groups in total. The van der Waals surface area contributed by atoms with E-state index in [1.165, 1.54) is 9.80 Å². The van der Waals surface area contributed by atoms with Crippen LogP contribution >= 0.6 is 11.8 Å². The Morgan fingerprint density at radius 3 is 2.32 bits per heavy atom. The van der Waals surface area contributed by atoms with Gasteiger partial charge in [0.05, 0.1) is 30.0 Å². The summed E-state index contributed by atoms with van der Waals surface area (Å²) in [5.41, 5.74) is 0.106. The highest BCUT2D eigenvalue weighted by atomic mass is 32.2. The molecule has 38 heavy (non-hydrogen) atoms. The zero-order valence-corrected chi connectivity index (χ0v) is 23.7. The summed E-state index contributed by atoms with van der Waals surface area (Å²) in [7, 11) is 3.38. The molecule has 3 amide bonds. The first-order valence-corrected chi connectivity index (χ1v) is 14.0. The molecule has 0 aromatic carbocycles. The normalized spacial score (nSPS) is 32.1. The number of fused-ring (bicyclic) bond motifs is 1. The van der Waals surface area contributed by atoms with Gasteiger partial charge in [-0.05, 0) is 25.8 Å². The molecular weight excluding hydrogens is 512 g/mol. The maximum absolute atomic E-state index is 13.1. The molecular formula is C26H40N4O7S. The molecule has 11 nitrogen and oxygen atoms in total. The molecule has 4 heterocycles. The third-order valence-electron chi connectivity index (χ3n) is 8.01. The van der Waals surface area contributed by atoms with Crippen LogP contribution in [0.1, 0.15) is 40.5 Å². The SMILES string of the molecule is CN(C)C=O.C[C@@H](O)C1C(=O)NC1[C@@H](C)C(=O)C[C@H](C)[C@H]1C(=O)N2C(C(=O)O)=C(S[C@H]3CCNC3)[C@H](C)[C@H]12. The Morgan fingerprint density at radius 2 is 1.84 bits per heavy atom. The predicted octanol–water partition coefficient (Wildman–Crippen LogP) is 0.286. The minimum Gasteiger partial charge on any atom is -0.477 e. The largest absolute Gasteiger partial charge is 0.477 e. The van der Waals surface area contributed by atoms with E-state index in [0.717, 1.165) is 30.8 Å². The van der Waals surface area contributed by atoms with Gasteiger partial charge in [0.25, 0.3) is 0 Å². The minimum absolute atomic E-state index is 0.0619. The lowest BCUT2D eigenvalue weighted by atomic mass is 9.71. The molecule has 4 aliphatic rings. The highest BCUT2D eigenvalue weighted by Crippen LogP contribution is 2.53. The first-order chi connectivity index (χ1) is 17.8. The molecule has 9 atom stereocenters. The van der Waals surface area contributed by atoms with Crippen LogP contribution in [-0.2, 0) is 24.0 Å². The zero-order chi connectivity index (χ0) is 28.5. The second-order valence-electron chi connectivity index (χ2n) is 11.1. The number of nitrogens with one attached hydrogen (secondary N) is 2. The van der Waals surface area contributed by atoms with Crippen LogP contribution in [0.15, 0.2) is 10.6 Å². The molecule has 0 saturated carbocycles. The van der Waals surface area contributed by atoms with Crippen molar-refractivity contribution in [2.75, 3.05) is 27.2 Å². The summed E-state index contributed by atoms with van der Waals surface area (Å²) in [5.74, 6) is -3.42. The van der Waals surface area contributed by atoms with E-state index in [0.29, 0.717) is 5.25 Å². The second-order valence-corrected chi connectivity index (χ2v) is 12.4. The number of β-lactam (4-membered cyclic amide) rings is 2. The van der Waals surface area contributed by atoms with Gasteiger partial charge in [-0.1, -0.05) is 20.8 Å². The Bertz CT molecular complexity index is 994. The van der Waals surface area contributed by atoms with Crippen molar-refractivity contribution in [3.8, 4) is 0 Å². The van der Waals surface area contributed by atoms with Gasteiger partial charge in [-0.3, -0.25) is 19.2 Å². The highest BCUT2D eigenvalue weighted by molar-refractivity contribution is 8.03. The van der Waals surface area contributed by atoms with Crippen molar-refractivity contribution in [2.45, 2.75) is 64.0 Å². The minimum atomic E-state index is -1.08. The number of aliphatic carboxylic acids is 1.